The largest absolute Gasteiger partial charge is 0.373 e. The van der Waals surface area contributed by atoms with Crippen LogP contribution in [-0.4, -0.2) is 29.4 Å². The highest BCUT2D eigenvalue weighted by Crippen LogP contribution is 2.31. The van der Waals surface area contributed by atoms with Gasteiger partial charge in [-0.25, -0.2) is 0 Å². The Kier molecular flexibility index (Phi) is 3.68. The Morgan fingerprint density at radius 1 is 1.35 bits per heavy atom. The average Bonchev–Trinajstić information content (AvgIpc) is 3.16. The van der Waals surface area contributed by atoms with Crippen molar-refractivity contribution < 1.29 is 4.79 Å². The van der Waals surface area contributed by atoms with E-state index in [1.807, 2.05) is 12.1 Å². The Hall–Kier alpha value is -1.51. The first-order chi connectivity index (χ1) is 9.65. The molecule has 20 heavy (non-hydrogen) atoms. The van der Waals surface area contributed by atoms with Gasteiger partial charge < -0.3 is 10.2 Å². The molecular weight excluding hydrogens is 248 g/mol. The number of para-hydroxylation sites is 1. The molecule has 3 nitrogen and oxygen atoms in total. The minimum atomic E-state index is -0.0554. The topological polar surface area (TPSA) is 32.3 Å². The van der Waals surface area contributed by atoms with Crippen LogP contribution in [0.15, 0.2) is 24.3 Å². The summed E-state index contributed by atoms with van der Waals surface area (Å²) in [4.78, 5) is 14.9. The first-order valence-electron chi connectivity index (χ1n) is 7.80. The molecule has 0 bridgehead atoms. The maximum Gasteiger partial charge on any atom is 0.245 e. The number of anilines is 1. The van der Waals surface area contributed by atoms with Gasteiger partial charge in [0.1, 0.15) is 6.04 Å². The maximum atomic E-state index is 12.8. The Balaban J connectivity index is 1.66. The van der Waals surface area contributed by atoms with E-state index in [9.17, 15) is 4.79 Å². The number of carbonyl (C=O) groups is 1. The fraction of sp³-hybridized carbons (Fsp3) is 0.588. The molecule has 0 radical (unpaired) electrons. The molecule has 1 saturated carbocycles. The van der Waals surface area contributed by atoms with E-state index < -0.39 is 0 Å². The summed E-state index contributed by atoms with van der Waals surface area (Å²) in [5, 5.41) is 3.39. The van der Waals surface area contributed by atoms with Crippen LogP contribution in [-0.2, 0) is 11.2 Å². The third-order valence-electron chi connectivity index (χ3n) is 4.29. The highest BCUT2D eigenvalue weighted by Gasteiger charge is 2.37. The zero-order chi connectivity index (χ0) is 14.1. The minimum absolute atomic E-state index is 0.0554. The molecule has 1 N–H and O–H groups in total. The Bertz CT molecular complexity index is 469. The van der Waals surface area contributed by atoms with E-state index in [1.54, 1.807) is 0 Å². The number of carbonyl (C=O) groups excluding carboxylic acids is 1. The van der Waals surface area contributed by atoms with Crippen LogP contribution in [0, 0.1) is 5.92 Å². The van der Waals surface area contributed by atoms with Crippen LogP contribution in [0.25, 0.3) is 0 Å². The van der Waals surface area contributed by atoms with Gasteiger partial charge in [-0.05, 0) is 36.8 Å². The van der Waals surface area contributed by atoms with Gasteiger partial charge in [0.2, 0.25) is 5.91 Å². The van der Waals surface area contributed by atoms with Gasteiger partial charge in [-0.3, -0.25) is 4.79 Å². The van der Waals surface area contributed by atoms with Crippen molar-refractivity contribution in [2.75, 3.05) is 11.9 Å². The Labute approximate surface area is 121 Å². The maximum absolute atomic E-state index is 12.8. The molecular formula is C17H24N2O. The van der Waals surface area contributed by atoms with Crippen molar-refractivity contribution >= 4 is 11.6 Å². The van der Waals surface area contributed by atoms with Crippen molar-refractivity contribution in [3.63, 3.8) is 0 Å². The summed E-state index contributed by atoms with van der Waals surface area (Å²) in [5.41, 5.74) is 2.40. The predicted molar refractivity (Wildman–Crippen MR) is 81.7 cm³/mol. The molecule has 1 fully saturated rings. The lowest BCUT2D eigenvalue weighted by molar-refractivity contribution is -0.132. The lowest BCUT2D eigenvalue weighted by atomic mass is 10.1. The number of rotatable bonds is 5. The van der Waals surface area contributed by atoms with Crippen molar-refractivity contribution in [2.45, 2.75) is 51.6 Å². The van der Waals surface area contributed by atoms with Gasteiger partial charge >= 0.3 is 0 Å². The third-order valence-corrected chi connectivity index (χ3v) is 4.29. The minimum Gasteiger partial charge on any atom is -0.373 e. The number of nitrogens with zero attached hydrogens (tertiary/aromatic N) is 1. The van der Waals surface area contributed by atoms with Crippen LogP contribution in [0.4, 0.5) is 5.69 Å². The lowest BCUT2D eigenvalue weighted by Gasteiger charge is -2.26. The molecule has 1 heterocycles. The van der Waals surface area contributed by atoms with Crippen LogP contribution >= 0.6 is 0 Å². The quantitative estimate of drug-likeness (QED) is 0.893. The smallest absolute Gasteiger partial charge is 0.245 e. The molecule has 1 amide bonds. The van der Waals surface area contributed by atoms with Crippen molar-refractivity contribution in [3.05, 3.63) is 29.8 Å². The summed E-state index contributed by atoms with van der Waals surface area (Å²) in [6.45, 7) is 5.36. The molecule has 1 aromatic rings. The Morgan fingerprint density at radius 3 is 2.75 bits per heavy atom. The van der Waals surface area contributed by atoms with Gasteiger partial charge in [-0.2, -0.15) is 0 Å². The third kappa shape index (κ3) is 2.82. The van der Waals surface area contributed by atoms with E-state index in [1.165, 1.54) is 18.4 Å². The van der Waals surface area contributed by atoms with Crippen molar-refractivity contribution in [3.8, 4) is 0 Å². The molecule has 0 saturated heterocycles. The molecule has 1 aliphatic heterocycles. The fourth-order valence-corrected chi connectivity index (χ4v) is 2.90. The second-order valence-electron chi connectivity index (χ2n) is 6.50. The van der Waals surface area contributed by atoms with Gasteiger partial charge in [-0.1, -0.05) is 32.0 Å². The standard InChI is InChI=1S/C17H24N2O/c1-12(2)9-10-19(14-7-8-14)17(20)16-11-13-5-3-4-6-15(13)18-16/h3-6,12,14,16,18H,7-11H2,1-2H3. The van der Waals surface area contributed by atoms with Crippen molar-refractivity contribution in [2.24, 2.45) is 5.92 Å². The van der Waals surface area contributed by atoms with E-state index in [-0.39, 0.29) is 6.04 Å². The summed E-state index contributed by atoms with van der Waals surface area (Å²) in [5.74, 6) is 0.946. The van der Waals surface area contributed by atoms with Gasteiger partial charge in [0.05, 0.1) is 0 Å². The summed E-state index contributed by atoms with van der Waals surface area (Å²) in [6, 6.07) is 8.71. The second-order valence-corrected chi connectivity index (χ2v) is 6.50. The van der Waals surface area contributed by atoms with E-state index in [0.29, 0.717) is 17.9 Å². The number of hydrogen-bond acceptors (Lipinski definition) is 2. The van der Waals surface area contributed by atoms with E-state index in [2.05, 4.69) is 36.2 Å². The molecule has 1 aliphatic carbocycles. The zero-order valence-electron chi connectivity index (χ0n) is 12.4. The number of benzene rings is 1. The summed E-state index contributed by atoms with van der Waals surface area (Å²) >= 11 is 0. The number of fused-ring (bicyclic) bond motifs is 1. The van der Waals surface area contributed by atoms with Crippen molar-refractivity contribution in [1.29, 1.82) is 0 Å². The zero-order valence-corrected chi connectivity index (χ0v) is 12.4. The number of hydrogen-bond donors (Lipinski definition) is 1. The van der Waals surface area contributed by atoms with Crippen LogP contribution < -0.4 is 5.32 Å². The van der Waals surface area contributed by atoms with Gasteiger partial charge in [0.15, 0.2) is 0 Å². The average molecular weight is 272 g/mol. The highest BCUT2D eigenvalue weighted by atomic mass is 16.2. The summed E-state index contributed by atoms with van der Waals surface area (Å²) < 4.78 is 0. The van der Waals surface area contributed by atoms with Crippen LogP contribution in [0.3, 0.4) is 0 Å². The fourth-order valence-electron chi connectivity index (χ4n) is 2.90. The Morgan fingerprint density at radius 2 is 2.10 bits per heavy atom. The first kappa shape index (κ1) is 13.5. The first-order valence-corrected chi connectivity index (χ1v) is 7.80. The van der Waals surface area contributed by atoms with E-state index in [4.69, 9.17) is 0 Å². The molecule has 3 rings (SSSR count). The molecule has 0 aromatic heterocycles. The van der Waals surface area contributed by atoms with Crippen LogP contribution in [0.1, 0.15) is 38.7 Å². The van der Waals surface area contributed by atoms with E-state index >= 15 is 0 Å². The molecule has 3 heteroatoms. The lowest BCUT2D eigenvalue weighted by Crippen LogP contribution is -2.44. The van der Waals surface area contributed by atoms with E-state index in [0.717, 1.165) is 25.1 Å². The molecule has 1 unspecified atom stereocenters. The molecule has 1 aromatic carbocycles. The molecule has 0 spiro atoms. The van der Waals surface area contributed by atoms with Crippen LogP contribution in [0.2, 0.25) is 0 Å². The van der Waals surface area contributed by atoms with Gasteiger partial charge in [-0.15, -0.1) is 0 Å². The predicted octanol–water partition coefficient (Wildman–Crippen LogP) is 3.06. The summed E-state index contributed by atoms with van der Waals surface area (Å²) in [7, 11) is 0. The number of amides is 1. The molecule has 1 atom stereocenters. The normalized spacial score (nSPS) is 20.6. The van der Waals surface area contributed by atoms with Gasteiger partial charge in [0, 0.05) is 24.7 Å². The van der Waals surface area contributed by atoms with Crippen molar-refractivity contribution in [1.82, 2.24) is 4.90 Å². The summed E-state index contributed by atoms with van der Waals surface area (Å²) in [6.07, 6.45) is 4.30. The SMILES string of the molecule is CC(C)CCN(C(=O)C1Cc2ccccc2N1)C1CC1. The monoisotopic (exact) mass is 272 g/mol. The second kappa shape index (κ2) is 5.47. The molecule has 108 valence electrons. The molecule has 2 aliphatic rings. The van der Waals surface area contributed by atoms with Crippen LogP contribution in [0.5, 0.6) is 0 Å². The highest BCUT2D eigenvalue weighted by molar-refractivity contribution is 5.87. The van der Waals surface area contributed by atoms with Gasteiger partial charge in [0.25, 0.3) is 0 Å². The number of nitrogens with one attached hydrogen (secondary N) is 1.